The zero-order chi connectivity index (χ0) is 13.6. The van der Waals surface area contributed by atoms with Crippen LogP contribution in [0.4, 0.5) is 13.2 Å². The van der Waals surface area contributed by atoms with E-state index < -0.39 is 12.6 Å². The summed E-state index contributed by atoms with van der Waals surface area (Å²) in [6.07, 6.45) is -3.51. The van der Waals surface area contributed by atoms with E-state index in [0.29, 0.717) is 12.3 Å². The van der Waals surface area contributed by atoms with Gasteiger partial charge < -0.3 is 10.1 Å². The van der Waals surface area contributed by atoms with Gasteiger partial charge in [-0.2, -0.15) is 13.2 Å². The van der Waals surface area contributed by atoms with Crippen LogP contribution in [-0.2, 0) is 6.54 Å². The Balaban J connectivity index is 2.64. The third-order valence-electron chi connectivity index (χ3n) is 2.29. The second-order valence-corrected chi connectivity index (χ2v) is 3.93. The van der Waals surface area contributed by atoms with Gasteiger partial charge in [-0.3, -0.25) is 4.98 Å². The number of aryl methyl sites for hydroxylation is 1. The maximum atomic E-state index is 12.0. The van der Waals surface area contributed by atoms with E-state index in [4.69, 9.17) is 4.74 Å². The van der Waals surface area contributed by atoms with Gasteiger partial charge in [0.2, 0.25) is 0 Å². The summed E-state index contributed by atoms with van der Waals surface area (Å²) in [6, 6.07) is 1.66. The van der Waals surface area contributed by atoms with E-state index in [1.54, 1.807) is 19.2 Å². The van der Waals surface area contributed by atoms with E-state index in [-0.39, 0.29) is 6.61 Å². The number of rotatable bonds is 6. The molecule has 102 valence electrons. The van der Waals surface area contributed by atoms with Gasteiger partial charge in [-0.25, -0.2) is 0 Å². The highest BCUT2D eigenvalue weighted by atomic mass is 19.4. The number of aromatic nitrogens is 1. The highest BCUT2D eigenvalue weighted by Gasteiger charge is 2.27. The van der Waals surface area contributed by atoms with Crippen LogP contribution in [0, 0.1) is 6.92 Å². The van der Waals surface area contributed by atoms with Crippen LogP contribution in [0.1, 0.15) is 24.6 Å². The van der Waals surface area contributed by atoms with Crippen LogP contribution in [0.3, 0.4) is 0 Å². The molecule has 6 heteroatoms. The molecule has 0 aliphatic rings. The van der Waals surface area contributed by atoms with Crippen molar-refractivity contribution in [2.24, 2.45) is 0 Å². The van der Waals surface area contributed by atoms with E-state index >= 15 is 0 Å². The topological polar surface area (TPSA) is 34.2 Å². The van der Waals surface area contributed by atoms with Crippen LogP contribution in [0.15, 0.2) is 12.3 Å². The minimum absolute atomic E-state index is 0.369. The van der Waals surface area contributed by atoms with Crippen molar-refractivity contribution in [1.82, 2.24) is 10.3 Å². The molecule has 0 saturated heterocycles. The van der Waals surface area contributed by atoms with E-state index in [0.717, 1.165) is 17.8 Å². The Hall–Kier alpha value is -1.30. The fraction of sp³-hybridized carbons (Fsp3) is 0.583. The van der Waals surface area contributed by atoms with E-state index in [1.165, 1.54) is 0 Å². The summed E-state index contributed by atoms with van der Waals surface area (Å²) in [5, 5.41) is 3.09. The van der Waals surface area contributed by atoms with Crippen molar-refractivity contribution in [3.8, 4) is 5.75 Å². The standard InChI is InChI=1S/C12H17F3N2O/c1-3-16-7-10-8-17-9(2)6-11(10)18-5-4-12(13,14)15/h6,8,16H,3-5,7H2,1-2H3. The van der Waals surface area contributed by atoms with Gasteiger partial charge in [0.15, 0.2) is 0 Å². The summed E-state index contributed by atoms with van der Waals surface area (Å²) in [5.74, 6) is 0.465. The Morgan fingerprint density at radius 1 is 1.39 bits per heavy atom. The van der Waals surface area contributed by atoms with Crippen molar-refractivity contribution in [3.63, 3.8) is 0 Å². The van der Waals surface area contributed by atoms with Gasteiger partial charge in [0, 0.05) is 30.1 Å². The summed E-state index contributed by atoms with van der Waals surface area (Å²) < 4.78 is 41.3. The lowest BCUT2D eigenvalue weighted by Gasteiger charge is -2.13. The Bertz CT molecular complexity index is 380. The zero-order valence-corrected chi connectivity index (χ0v) is 10.5. The molecule has 0 spiro atoms. The number of hydrogen-bond acceptors (Lipinski definition) is 3. The molecule has 3 nitrogen and oxygen atoms in total. The van der Waals surface area contributed by atoms with Crippen LogP contribution >= 0.6 is 0 Å². The molecule has 0 fully saturated rings. The highest BCUT2D eigenvalue weighted by molar-refractivity contribution is 5.32. The monoisotopic (exact) mass is 262 g/mol. The molecule has 0 aliphatic carbocycles. The molecule has 18 heavy (non-hydrogen) atoms. The van der Waals surface area contributed by atoms with Crippen molar-refractivity contribution >= 4 is 0 Å². The maximum absolute atomic E-state index is 12.0. The third kappa shape index (κ3) is 5.35. The quantitative estimate of drug-likeness (QED) is 0.856. The minimum Gasteiger partial charge on any atom is -0.493 e. The van der Waals surface area contributed by atoms with Gasteiger partial charge >= 0.3 is 6.18 Å². The van der Waals surface area contributed by atoms with E-state index in [9.17, 15) is 13.2 Å². The van der Waals surface area contributed by atoms with Gasteiger partial charge in [0.1, 0.15) is 5.75 Å². The fourth-order valence-corrected chi connectivity index (χ4v) is 1.37. The summed E-state index contributed by atoms with van der Waals surface area (Å²) >= 11 is 0. The molecule has 1 aromatic rings. The second-order valence-electron chi connectivity index (χ2n) is 3.93. The smallest absolute Gasteiger partial charge is 0.392 e. The van der Waals surface area contributed by atoms with Crippen LogP contribution in [0.2, 0.25) is 0 Å². The van der Waals surface area contributed by atoms with Crippen molar-refractivity contribution in [1.29, 1.82) is 0 Å². The SMILES string of the molecule is CCNCc1cnc(C)cc1OCCC(F)(F)F. The number of hydrogen-bond donors (Lipinski definition) is 1. The molecular formula is C12H17F3N2O. The first-order valence-corrected chi connectivity index (χ1v) is 5.78. The Morgan fingerprint density at radius 2 is 2.11 bits per heavy atom. The Kier molecular flexibility index (Phi) is 5.40. The average molecular weight is 262 g/mol. The summed E-state index contributed by atoms with van der Waals surface area (Å²) in [5.41, 5.74) is 1.49. The average Bonchev–Trinajstić information content (AvgIpc) is 2.26. The summed E-state index contributed by atoms with van der Waals surface area (Å²) in [7, 11) is 0. The first-order valence-electron chi connectivity index (χ1n) is 5.78. The fourth-order valence-electron chi connectivity index (χ4n) is 1.37. The van der Waals surface area contributed by atoms with E-state index in [1.807, 2.05) is 6.92 Å². The molecule has 1 rings (SSSR count). The predicted octanol–water partition coefficient (Wildman–Crippen LogP) is 2.83. The molecule has 0 radical (unpaired) electrons. The van der Waals surface area contributed by atoms with Gasteiger partial charge in [-0.1, -0.05) is 6.92 Å². The Morgan fingerprint density at radius 3 is 2.72 bits per heavy atom. The third-order valence-corrected chi connectivity index (χ3v) is 2.29. The predicted molar refractivity (Wildman–Crippen MR) is 62.5 cm³/mol. The molecule has 0 saturated carbocycles. The number of alkyl halides is 3. The van der Waals surface area contributed by atoms with Crippen molar-refractivity contribution in [3.05, 3.63) is 23.5 Å². The molecule has 0 aliphatic heterocycles. The molecule has 0 atom stereocenters. The number of ether oxygens (including phenoxy) is 1. The second kappa shape index (κ2) is 6.58. The van der Waals surface area contributed by atoms with Gasteiger partial charge in [-0.15, -0.1) is 0 Å². The summed E-state index contributed by atoms with van der Waals surface area (Å²) in [4.78, 5) is 4.11. The first-order chi connectivity index (χ1) is 8.42. The molecule has 0 unspecified atom stereocenters. The Labute approximate surface area is 104 Å². The molecule has 0 amide bonds. The van der Waals surface area contributed by atoms with Crippen LogP contribution in [-0.4, -0.2) is 24.3 Å². The molecule has 0 aromatic carbocycles. The first kappa shape index (κ1) is 14.8. The van der Waals surface area contributed by atoms with Gasteiger partial charge in [-0.05, 0) is 13.5 Å². The van der Waals surface area contributed by atoms with Crippen LogP contribution in [0.25, 0.3) is 0 Å². The number of nitrogens with one attached hydrogen (secondary N) is 1. The van der Waals surface area contributed by atoms with Crippen molar-refractivity contribution < 1.29 is 17.9 Å². The molecule has 1 N–H and O–H groups in total. The van der Waals surface area contributed by atoms with Gasteiger partial charge in [0.25, 0.3) is 0 Å². The van der Waals surface area contributed by atoms with Crippen LogP contribution in [0.5, 0.6) is 5.75 Å². The maximum Gasteiger partial charge on any atom is 0.392 e. The molecule has 1 aromatic heterocycles. The number of nitrogens with zero attached hydrogens (tertiary/aromatic N) is 1. The van der Waals surface area contributed by atoms with Crippen LogP contribution < -0.4 is 10.1 Å². The molecular weight excluding hydrogens is 245 g/mol. The molecule has 0 bridgehead atoms. The van der Waals surface area contributed by atoms with Crippen molar-refractivity contribution in [2.45, 2.75) is 33.0 Å². The molecule has 1 heterocycles. The van der Waals surface area contributed by atoms with Gasteiger partial charge in [0.05, 0.1) is 13.0 Å². The normalized spacial score (nSPS) is 11.6. The lowest BCUT2D eigenvalue weighted by atomic mass is 10.2. The largest absolute Gasteiger partial charge is 0.493 e. The lowest BCUT2D eigenvalue weighted by Crippen LogP contribution is -2.16. The lowest BCUT2D eigenvalue weighted by molar-refractivity contribution is -0.139. The number of halogens is 3. The zero-order valence-electron chi connectivity index (χ0n) is 10.5. The van der Waals surface area contributed by atoms with E-state index in [2.05, 4.69) is 10.3 Å². The van der Waals surface area contributed by atoms with Crippen molar-refractivity contribution in [2.75, 3.05) is 13.2 Å². The summed E-state index contributed by atoms with van der Waals surface area (Å²) in [6.45, 7) is 4.66. The minimum atomic E-state index is -4.19. The highest BCUT2D eigenvalue weighted by Crippen LogP contribution is 2.22. The number of pyridine rings is 1.